The molecule has 0 aliphatic carbocycles. The van der Waals surface area contributed by atoms with Gasteiger partial charge in [0.1, 0.15) is 0 Å². The lowest BCUT2D eigenvalue weighted by molar-refractivity contribution is 0.0989. The van der Waals surface area contributed by atoms with Gasteiger partial charge in [-0.2, -0.15) is 0 Å². The van der Waals surface area contributed by atoms with Crippen molar-refractivity contribution in [1.82, 2.24) is 5.32 Å². The molecule has 0 spiro atoms. The highest BCUT2D eigenvalue weighted by molar-refractivity contribution is 5.98. The quantitative estimate of drug-likeness (QED) is 0.537. The minimum atomic E-state index is -0.0302. The molecule has 0 unspecified atom stereocenters. The van der Waals surface area contributed by atoms with Gasteiger partial charge in [-0.1, -0.05) is 72.8 Å². The fourth-order valence-corrected chi connectivity index (χ4v) is 2.73. The van der Waals surface area contributed by atoms with Crippen LogP contribution in [-0.4, -0.2) is 12.3 Å². The third-order valence-electron chi connectivity index (χ3n) is 3.94. The van der Waals surface area contributed by atoms with Crippen molar-refractivity contribution in [1.29, 1.82) is 0 Å². The molecule has 3 aromatic carbocycles. The smallest absolute Gasteiger partial charge is 0.176 e. The Bertz CT molecular complexity index is 761. The van der Waals surface area contributed by atoms with Gasteiger partial charge in [0.2, 0.25) is 0 Å². The third-order valence-corrected chi connectivity index (χ3v) is 3.94. The maximum Gasteiger partial charge on any atom is 0.176 e. The Morgan fingerprint density at radius 2 is 1.42 bits per heavy atom. The number of hydrogen-bond donors (Lipinski definition) is 2. The number of carbonyl (C=O) groups is 1. The Morgan fingerprint density at radius 3 is 1.96 bits per heavy atom. The molecule has 3 aromatic rings. The molecule has 0 saturated heterocycles. The van der Waals surface area contributed by atoms with Gasteiger partial charge in [-0.25, -0.2) is 0 Å². The van der Waals surface area contributed by atoms with Gasteiger partial charge in [0.25, 0.3) is 0 Å². The standard InChI is InChI=1S/C21H20N2O/c22-19-13-7-12-18(14-19)20(24)15-23-21(16-8-3-1-4-9-16)17-10-5-2-6-11-17/h1-14,21,23H,15,22H2. The SMILES string of the molecule is Nc1cccc(C(=O)CNC(c2ccccc2)c2ccccc2)c1. The van der Waals surface area contributed by atoms with Crippen LogP contribution < -0.4 is 11.1 Å². The highest BCUT2D eigenvalue weighted by Gasteiger charge is 2.15. The molecular weight excluding hydrogens is 296 g/mol. The second-order valence-corrected chi connectivity index (χ2v) is 5.68. The Kier molecular flexibility index (Phi) is 5.04. The van der Waals surface area contributed by atoms with E-state index >= 15 is 0 Å². The van der Waals surface area contributed by atoms with Gasteiger partial charge in [0, 0.05) is 11.3 Å². The summed E-state index contributed by atoms with van der Waals surface area (Å²) in [6.45, 7) is 0.248. The van der Waals surface area contributed by atoms with Crippen molar-refractivity contribution < 1.29 is 4.79 Å². The predicted molar refractivity (Wildman–Crippen MR) is 97.9 cm³/mol. The molecular formula is C21H20N2O. The maximum absolute atomic E-state index is 12.4. The molecule has 0 radical (unpaired) electrons. The predicted octanol–water partition coefficient (Wildman–Crippen LogP) is 3.83. The third kappa shape index (κ3) is 3.89. The van der Waals surface area contributed by atoms with Gasteiger partial charge in [0.15, 0.2) is 5.78 Å². The molecule has 0 heterocycles. The van der Waals surface area contributed by atoms with Crippen molar-refractivity contribution in [3.05, 3.63) is 102 Å². The summed E-state index contributed by atoms with van der Waals surface area (Å²) in [6, 6.07) is 27.3. The van der Waals surface area contributed by atoms with Crippen molar-refractivity contribution >= 4 is 11.5 Å². The lowest BCUT2D eigenvalue weighted by atomic mass is 9.98. The first-order valence-electron chi connectivity index (χ1n) is 7.96. The molecule has 120 valence electrons. The minimum absolute atomic E-state index is 0.0270. The van der Waals surface area contributed by atoms with Crippen LogP contribution in [0.1, 0.15) is 27.5 Å². The van der Waals surface area contributed by atoms with E-state index < -0.39 is 0 Å². The van der Waals surface area contributed by atoms with Crippen molar-refractivity contribution in [2.24, 2.45) is 0 Å². The van der Waals surface area contributed by atoms with E-state index in [-0.39, 0.29) is 18.4 Å². The number of rotatable bonds is 6. The van der Waals surface area contributed by atoms with Crippen LogP contribution in [0.15, 0.2) is 84.9 Å². The molecule has 0 atom stereocenters. The van der Waals surface area contributed by atoms with E-state index in [1.165, 1.54) is 0 Å². The molecule has 0 aromatic heterocycles. The number of nitrogens with two attached hydrogens (primary N) is 1. The van der Waals surface area contributed by atoms with E-state index in [2.05, 4.69) is 29.6 Å². The second kappa shape index (κ2) is 7.57. The molecule has 24 heavy (non-hydrogen) atoms. The summed E-state index contributed by atoms with van der Waals surface area (Å²) < 4.78 is 0. The monoisotopic (exact) mass is 316 g/mol. The van der Waals surface area contributed by atoms with Gasteiger partial charge in [-0.05, 0) is 23.3 Å². The largest absolute Gasteiger partial charge is 0.399 e. The Morgan fingerprint density at radius 1 is 0.833 bits per heavy atom. The fraction of sp³-hybridized carbons (Fsp3) is 0.0952. The summed E-state index contributed by atoms with van der Waals surface area (Å²) in [5.74, 6) is 0.0270. The number of ketones is 1. The molecule has 0 aliphatic heterocycles. The van der Waals surface area contributed by atoms with Crippen molar-refractivity contribution in [3.63, 3.8) is 0 Å². The van der Waals surface area contributed by atoms with Crippen LogP contribution in [0.5, 0.6) is 0 Å². The van der Waals surface area contributed by atoms with Crippen LogP contribution >= 0.6 is 0 Å². The maximum atomic E-state index is 12.4. The zero-order valence-corrected chi connectivity index (χ0v) is 13.4. The van der Waals surface area contributed by atoms with Crippen molar-refractivity contribution in [2.45, 2.75) is 6.04 Å². The number of benzene rings is 3. The molecule has 3 heteroatoms. The number of anilines is 1. The van der Waals surface area contributed by atoms with Crippen LogP contribution in [0.3, 0.4) is 0 Å². The lowest BCUT2D eigenvalue weighted by Gasteiger charge is -2.19. The molecule has 0 saturated carbocycles. The Hall–Kier alpha value is -2.91. The van der Waals surface area contributed by atoms with Gasteiger partial charge in [-0.15, -0.1) is 0 Å². The molecule has 3 N–H and O–H groups in total. The minimum Gasteiger partial charge on any atom is -0.399 e. The highest BCUT2D eigenvalue weighted by atomic mass is 16.1. The Labute approximate surface area is 142 Å². The molecule has 0 bridgehead atoms. The average Bonchev–Trinajstić information content (AvgIpc) is 2.63. The lowest BCUT2D eigenvalue weighted by Crippen LogP contribution is -2.28. The number of hydrogen-bond acceptors (Lipinski definition) is 3. The van der Waals surface area contributed by atoms with Gasteiger partial charge < -0.3 is 5.73 Å². The number of nitrogens with one attached hydrogen (secondary N) is 1. The summed E-state index contributed by atoms with van der Waals surface area (Å²) in [4.78, 5) is 12.4. The first kappa shape index (κ1) is 16.0. The summed E-state index contributed by atoms with van der Waals surface area (Å²) >= 11 is 0. The van der Waals surface area contributed by atoms with Crippen molar-refractivity contribution in [2.75, 3.05) is 12.3 Å². The average molecular weight is 316 g/mol. The number of nitrogen functional groups attached to an aromatic ring is 1. The van der Waals surface area contributed by atoms with E-state index in [0.717, 1.165) is 11.1 Å². The first-order valence-corrected chi connectivity index (χ1v) is 7.96. The number of Topliss-reactive ketones (excluding diaryl/α,β-unsaturated/α-hetero) is 1. The molecule has 0 fully saturated rings. The molecule has 3 nitrogen and oxygen atoms in total. The fourth-order valence-electron chi connectivity index (χ4n) is 2.73. The number of carbonyl (C=O) groups excluding carboxylic acids is 1. The molecule has 0 amide bonds. The highest BCUT2D eigenvalue weighted by Crippen LogP contribution is 2.21. The van der Waals surface area contributed by atoms with Crippen molar-refractivity contribution in [3.8, 4) is 0 Å². The van der Waals surface area contributed by atoms with Crippen LogP contribution in [-0.2, 0) is 0 Å². The summed E-state index contributed by atoms with van der Waals surface area (Å²) in [7, 11) is 0. The zero-order chi connectivity index (χ0) is 16.8. The summed E-state index contributed by atoms with van der Waals surface area (Å²) in [5.41, 5.74) is 9.25. The molecule has 3 rings (SSSR count). The van der Waals surface area contributed by atoms with Gasteiger partial charge >= 0.3 is 0 Å². The first-order chi connectivity index (χ1) is 11.7. The summed E-state index contributed by atoms with van der Waals surface area (Å²) in [6.07, 6.45) is 0. The van der Waals surface area contributed by atoms with E-state index in [9.17, 15) is 4.79 Å². The van der Waals surface area contributed by atoms with Gasteiger partial charge in [0.05, 0.1) is 12.6 Å². The topological polar surface area (TPSA) is 55.1 Å². The van der Waals surface area contributed by atoms with Crippen LogP contribution in [0.4, 0.5) is 5.69 Å². The van der Waals surface area contributed by atoms with Crippen LogP contribution in [0, 0.1) is 0 Å². The van der Waals surface area contributed by atoms with Crippen LogP contribution in [0.25, 0.3) is 0 Å². The van der Waals surface area contributed by atoms with Crippen LogP contribution in [0.2, 0.25) is 0 Å². The Balaban J connectivity index is 1.79. The second-order valence-electron chi connectivity index (χ2n) is 5.68. The molecule has 0 aliphatic rings. The van der Waals surface area contributed by atoms with E-state index in [1.54, 1.807) is 24.3 Å². The van der Waals surface area contributed by atoms with Gasteiger partial charge in [-0.3, -0.25) is 10.1 Å². The van der Waals surface area contributed by atoms with E-state index in [1.807, 2.05) is 36.4 Å². The summed E-state index contributed by atoms with van der Waals surface area (Å²) in [5, 5.41) is 3.38. The zero-order valence-electron chi connectivity index (χ0n) is 13.4. The van der Waals surface area contributed by atoms with E-state index in [0.29, 0.717) is 11.3 Å². The normalized spacial score (nSPS) is 10.7. The van der Waals surface area contributed by atoms with E-state index in [4.69, 9.17) is 5.73 Å².